The van der Waals surface area contributed by atoms with Crippen LogP contribution in [0.5, 0.6) is 0 Å². The number of nitrogens with zero attached hydrogens (tertiary/aromatic N) is 2. The predicted octanol–water partition coefficient (Wildman–Crippen LogP) is 4.09. The summed E-state index contributed by atoms with van der Waals surface area (Å²) in [7, 11) is 2.21. The van der Waals surface area contributed by atoms with Crippen molar-refractivity contribution < 1.29 is 0 Å². The summed E-state index contributed by atoms with van der Waals surface area (Å²) in [6.07, 6.45) is 4.25. The van der Waals surface area contributed by atoms with E-state index >= 15 is 0 Å². The molecule has 0 saturated heterocycles. The predicted molar refractivity (Wildman–Crippen MR) is 86.0 cm³/mol. The van der Waals surface area contributed by atoms with E-state index in [1.807, 2.05) is 26.1 Å². The molecule has 2 aromatic heterocycles. The second kappa shape index (κ2) is 5.96. The molecule has 0 spiro atoms. The van der Waals surface area contributed by atoms with Crippen molar-refractivity contribution in [1.29, 1.82) is 0 Å². The Bertz CT molecular complexity index is 567. The van der Waals surface area contributed by atoms with Gasteiger partial charge in [-0.1, -0.05) is 27.7 Å². The van der Waals surface area contributed by atoms with Gasteiger partial charge in [0.2, 0.25) is 0 Å². The first-order valence-electron chi connectivity index (χ1n) is 7.85. The summed E-state index contributed by atoms with van der Waals surface area (Å²) >= 11 is 0. The number of nitrogens with one attached hydrogen (secondary N) is 1. The SMILES string of the molecule is CC.CCC1(CC)CN(C)Cc2[nH]c3cccnc3c21. The fourth-order valence-corrected chi connectivity index (χ4v) is 3.51. The quantitative estimate of drug-likeness (QED) is 0.893. The lowest BCUT2D eigenvalue weighted by Gasteiger charge is -2.40. The highest BCUT2D eigenvalue weighted by atomic mass is 15.1. The second-order valence-electron chi connectivity index (χ2n) is 5.54. The molecule has 0 unspecified atom stereocenters. The van der Waals surface area contributed by atoms with Crippen LogP contribution in [0.4, 0.5) is 0 Å². The van der Waals surface area contributed by atoms with E-state index in [0.29, 0.717) is 0 Å². The molecule has 3 heteroatoms. The van der Waals surface area contributed by atoms with Crippen LogP contribution in [0.25, 0.3) is 11.0 Å². The Morgan fingerprint density at radius 1 is 1.30 bits per heavy atom. The van der Waals surface area contributed by atoms with E-state index in [1.54, 1.807) is 0 Å². The molecule has 2 aromatic rings. The number of likely N-dealkylation sites (N-methyl/N-ethyl adjacent to an activating group) is 1. The molecule has 3 rings (SSSR count). The molecule has 1 aliphatic heterocycles. The number of rotatable bonds is 2. The highest BCUT2D eigenvalue weighted by Crippen LogP contribution is 2.41. The van der Waals surface area contributed by atoms with Gasteiger partial charge in [-0.3, -0.25) is 9.88 Å². The van der Waals surface area contributed by atoms with Gasteiger partial charge >= 0.3 is 0 Å². The van der Waals surface area contributed by atoms with Crippen molar-refractivity contribution >= 4 is 11.0 Å². The molecule has 0 fully saturated rings. The summed E-state index contributed by atoms with van der Waals surface area (Å²) < 4.78 is 0. The lowest BCUT2D eigenvalue weighted by atomic mass is 9.73. The number of hydrogen-bond donors (Lipinski definition) is 1. The van der Waals surface area contributed by atoms with Crippen LogP contribution < -0.4 is 0 Å². The van der Waals surface area contributed by atoms with Crippen molar-refractivity contribution in [2.45, 2.75) is 52.5 Å². The highest BCUT2D eigenvalue weighted by molar-refractivity contribution is 5.82. The third kappa shape index (κ3) is 2.24. The molecule has 0 bridgehead atoms. The summed E-state index contributed by atoms with van der Waals surface area (Å²) in [5.74, 6) is 0. The molecule has 1 N–H and O–H groups in total. The molecule has 3 heterocycles. The van der Waals surface area contributed by atoms with E-state index in [1.165, 1.54) is 35.1 Å². The van der Waals surface area contributed by atoms with Crippen LogP contribution >= 0.6 is 0 Å². The van der Waals surface area contributed by atoms with Crippen molar-refractivity contribution in [2.75, 3.05) is 13.6 Å². The van der Waals surface area contributed by atoms with E-state index in [2.05, 4.69) is 41.8 Å². The summed E-state index contributed by atoms with van der Waals surface area (Å²) in [4.78, 5) is 10.6. The van der Waals surface area contributed by atoms with Crippen LogP contribution in [0, 0.1) is 0 Å². The van der Waals surface area contributed by atoms with Crippen LogP contribution in [0.3, 0.4) is 0 Å². The first-order valence-corrected chi connectivity index (χ1v) is 7.85. The number of pyridine rings is 1. The summed E-state index contributed by atoms with van der Waals surface area (Å²) in [6, 6.07) is 4.14. The van der Waals surface area contributed by atoms with E-state index in [0.717, 1.165) is 13.1 Å². The topological polar surface area (TPSA) is 31.9 Å². The van der Waals surface area contributed by atoms with Crippen molar-refractivity contribution in [3.05, 3.63) is 29.6 Å². The standard InChI is InChI=1S/C15H21N3.C2H6/c1-4-15(5-2)10-18(3)9-12-13(15)14-11(17-12)7-6-8-16-14;1-2/h6-8,17H,4-5,9-10H2,1-3H3;1-2H3. The van der Waals surface area contributed by atoms with Crippen molar-refractivity contribution in [3.8, 4) is 0 Å². The minimum absolute atomic E-state index is 0.259. The maximum absolute atomic E-state index is 4.62. The third-order valence-electron chi connectivity index (χ3n) is 4.52. The fraction of sp³-hybridized carbons (Fsp3) is 0.588. The number of hydrogen-bond acceptors (Lipinski definition) is 2. The maximum atomic E-state index is 4.62. The molecule has 0 atom stereocenters. The number of H-pyrrole nitrogens is 1. The second-order valence-corrected chi connectivity index (χ2v) is 5.54. The molecule has 20 heavy (non-hydrogen) atoms. The zero-order chi connectivity index (χ0) is 14.8. The smallest absolute Gasteiger partial charge is 0.0920 e. The van der Waals surface area contributed by atoms with Crippen LogP contribution in [-0.2, 0) is 12.0 Å². The first kappa shape index (κ1) is 15.0. The molecule has 0 amide bonds. The monoisotopic (exact) mass is 273 g/mol. The lowest BCUT2D eigenvalue weighted by Crippen LogP contribution is -2.43. The molecule has 0 radical (unpaired) electrons. The van der Waals surface area contributed by atoms with E-state index in [4.69, 9.17) is 0 Å². The third-order valence-corrected chi connectivity index (χ3v) is 4.52. The van der Waals surface area contributed by atoms with E-state index in [-0.39, 0.29) is 5.41 Å². The van der Waals surface area contributed by atoms with Gasteiger partial charge in [0.1, 0.15) is 0 Å². The Morgan fingerprint density at radius 3 is 2.65 bits per heavy atom. The molecular weight excluding hydrogens is 246 g/mol. The highest BCUT2D eigenvalue weighted by Gasteiger charge is 2.38. The average Bonchev–Trinajstić information content (AvgIpc) is 2.86. The van der Waals surface area contributed by atoms with Gasteiger partial charge < -0.3 is 4.98 Å². The van der Waals surface area contributed by atoms with Crippen LogP contribution in [-0.4, -0.2) is 28.5 Å². The van der Waals surface area contributed by atoms with Gasteiger partial charge in [-0.15, -0.1) is 0 Å². The van der Waals surface area contributed by atoms with Gasteiger partial charge in [-0.2, -0.15) is 0 Å². The minimum atomic E-state index is 0.259. The Morgan fingerprint density at radius 2 is 2.00 bits per heavy atom. The zero-order valence-corrected chi connectivity index (χ0v) is 13.5. The zero-order valence-electron chi connectivity index (χ0n) is 13.5. The summed E-state index contributed by atoms with van der Waals surface area (Å²) in [6.45, 7) is 10.7. The van der Waals surface area contributed by atoms with Crippen molar-refractivity contribution in [1.82, 2.24) is 14.9 Å². The fourth-order valence-electron chi connectivity index (χ4n) is 3.51. The lowest BCUT2D eigenvalue weighted by molar-refractivity contribution is 0.199. The minimum Gasteiger partial charge on any atom is -0.356 e. The Kier molecular flexibility index (Phi) is 4.48. The van der Waals surface area contributed by atoms with E-state index < -0.39 is 0 Å². The van der Waals surface area contributed by atoms with E-state index in [9.17, 15) is 0 Å². The van der Waals surface area contributed by atoms with Gasteiger partial charge in [0.15, 0.2) is 0 Å². The summed E-state index contributed by atoms with van der Waals surface area (Å²) in [5.41, 5.74) is 5.46. The number of aromatic nitrogens is 2. The normalized spacial score (nSPS) is 17.4. The molecule has 110 valence electrons. The number of fused-ring (bicyclic) bond motifs is 3. The van der Waals surface area contributed by atoms with Crippen LogP contribution in [0.1, 0.15) is 51.8 Å². The van der Waals surface area contributed by atoms with Crippen LogP contribution in [0.15, 0.2) is 18.3 Å². The maximum Gasteiger partial charge on any atom is 0.0920 e. The molecule has 1 aliphatic rings. The summed E-state index contributed by atoms with van der Waals surface area (Å²) in [5, 5.41) is 0. The van der Waals surface area contributed by atoms with Crippen molar-refractivity contribution in [3.63, 3.8) is 0 Å². The van der Waals surface area contributed by atoms with Gasteiger partial charge in [0.05, 0.1) is 11.0 Å². The molecule has 0 aromatic carbocycles. The number of aromatic amines is 1. The average molecular weight is 273 g/mol. The molecule has 3 nitrogen and oxygen atoms in total. The molecular formula is C17H27N3. The van der Waals surface area contributed by atoms with Crippen molar-refractivity contribution in [2.24, 2.45) is 0 Å². The van der Waals surface area contributed by atoms with Crippen LogP contribution in [0.2, 0.25) is 0 Å². The Balaban J connectivity index is 0.000000704. The molecule has 0 saturated carbocycles. The van der Waals surface area contributed by atoms with Gasteiger partial charge in [0.25, 0.3) is 0 Å². The van der Waals surface area contributed by atoms with Gasteiger partial charge in [-0.05, 0) is 32.0 Å². The Hall–Kier alpha value is -1.35. The largest absolute Gasteiger partial charge is 0.356 e. The van der Waals surface area contributed by atoms with Gasteiger partial charge in [0, 0.05) is 36.0 Å². The first-order chi connectivity index (χ1) is 9.70. The molecule has 0 aliphatic carbocycles. The Labute approximate surface area is 122 Å². The van der Waals surface area contributed by atoms with Gasteiger partial charge in [-0.25, -0.2) is 0 Å².